The molecule has 9 rings (SSSR count). The van der Waals surface area contributed by atoms with Crippen LogP contribution >= 0.6 is 68.0 Å². The molecule has 0 saturated heterocycles. The monoisotopic (exact) mass is 1010 g/mol. The van der Waals surface area contributed by atoms with Crippen molar-refractivity contribution in [2.45, 2.75) is 11.5 Å². The Morgan fingerprint density at radius 1 is 0.682 bits per heavy atom. The Morgan fingerprint density at radius 3 is 1.62 bits per heavy atom. The maximum Gasteiger partial charge on any atom is 0.508 e. The van der Waals surface area contributed by atoms with Gasteiger partial charge in [0.2, 0.25) is 10.0 Å². The number of para-hydroxylation sites is 2. The van der Waals surface area contributed by atoms with E-state index in [1.807, 2.05) is 79.7 Å². The molecule has 0 aliphatic carbocycles. The number of benzene rings is 3. The number of rotatable bonds is 14. The number of aliphatic hydroxyl groups is 1. The third kappa shape index (κ3) is 11.1. The highest BCUT2D eigenvalue weighted by Crippen LogP contribution is 2.41. The number of nitrogens with zero attached hydrogens (tertiary/aromatic N) is 6. The van der Waals surface area contributed by atoms with Crippen LogP contribution in [0.25, 0.3) is 62.5 Å². The Bertz CT molecular complexity index is 3330. The van der Waals surface area contributed by atoms with Crippen LogP contribution in [0.3, 0.4) is 0 Å². The van der Waals surface area contributed by atoms with E-state index < -0.39 is 16.2 Å². The van der Waals surface area contributed by atoms with Gasteiger partial charge in [-0.05, 0) is 78.4 Å². The number of nitrogens with two attached hydrogens (primary N) is 1. The maximum atomic E-state index is 12.0. The summed E-state index contributed by atoms with van der Waals surface area (Å²) in [4.78, 5) is 27.2. The summed E-state index contributed by atoms with van der Waals surface area (Å²) < 4.78 is 39.6. The first-order chi connectivity index (χ1) is 31.9. The quantitative estimate of drug-likeness (QED) is 0.0774. The average Bonchev–Trinajstić information content (AvgIpc) is 4.17. The van der Waals surface area contributed by atoms with Crippen LogP contribution in [0.1, 0.15) is 25.3 Å². The van der Waals surface area contributed by atoms with E-state index >= 15 is 0 Å². The largest absolute Gasteiger partial charge is 0.508 e. The zero-order valence-corrected chi connectivity index (χ0v) is 40.8. The number of fused-ring (bicyclic) bond motifs is 4. The highest BCUT2D eigenvalue weighted by molar-refractivity contribution is 7.89. The molecule has 0 aliphatic heterocycles. The van der Waals surface area contributed by atoms with E-state index in [2.05, 4.69) is 51.3 Å². The van der Waals surface area contributed by atoms with Crippen molar-refractivity contribution in [2.75, 3.05) is 50.2 Å². The zero-order chi connectivity index (χ0) is 46.4. The van der Waals surface area contributed by atoms with Crippen LogP contribution in [-0.4, -0.2) is 70.0 Å². The predicted molar refractivity (Wildman–Crippen MR) is 273 cm³/mol. The van der Waals surface area contributed by atoms with Crippen LogP contribution in [0.5, 0.6) is 0 Å². The van der Waals surface area contributed by atoms with Gasteiger partial charge in [-0.15, -0.1) is 68.0 Å². The normalized spacial score (nSPS) is 12.0. The number of aromatic nitrogens is 2. The summed E-state index contributed by atoms with van der Waals surface area (Å²) in [6.07, 6.45) is 2.99. The van der Waals surface area contributed by atoms with Crippen molar-refractivity contribution in [3.63, 3.8) is 0 Å². The van der Waals surface area contributed by atoms with Crippen LogP contribution in [0, 0.1) is 22.7 Å². The molecule has 0 unspecified atom stereocenters. The molecule has 6 heterocycles. The van der Waals surface area contributed by atoms with Crippen molar-refractivity contribution in [2.24, 2.45) is 5.14 Å². The number of thiazole rings is 2. The molecule has 6 aromatic heterocycles. The van der Waals surface area contributed by atoms with Crippen molar-refractivity contribution in [1.29, 1.82) is 10.5 Å². The number of thiophene rings is 4. The average molecular weight is 1010 g/mol. The molecule has 0 atom stereocenters. The van der Waals surface area contributed by atoms with E-state index in [9.17, 15) is 23.7 Å². The van der Waals surface area contributed by atoms with Crippen molar-refractivity contribution in [3.05, 3.63) is 122 Å². The van der Waals surface area contributed by atoms with Gasteiger partial charge in [0, 0.05) is 49.2 Å². The van der Waals surface area contributed by atoms with Gasteiger partial charge in [-0.2, -0.15) is 10.5 Å². The fourth-order valence-electron chi connectivity index (χ4n) is 6.34. The standard InChI is InChI=1S/C27H22N4O5S4.C19H15N3OS3/c1-31(10-11-35-27(32)36-16-17-6-8-20(9-7-17)40(29,33)34)25-14-24-23(38-25)13-19(37-24)12-18(15-28)26-30-21-4-2-3-5-22(21)39-26;1-22(6-7-23)18-10-17-16(25-18)9-13(24-17)8-12(11-20)19-21-14-4-2-3-5-15(14)26-19/h2-9,12-14H,10-11,16H2,1H3,(H2,29,33,34);2-5,8-10,23H,6-7H2,1H3/b18-12+;12-8+. The Hall–Kier alpha value is -6.04. The summed E-state index contributed by atoms with van der Waals surface area (Å²) in [6, 6.07) is 34.5. The first kappa shape index (κ1) is 46.5. The van der Waals surface area contributed by atoms with Crippen molar-refractivity contribution < 1.29 is 27.8 Å². The van der Waals surface area contributed by atoms with E-state index in [0.29, 0.717) is 34.8 Å². The third-order valence-corrected chi connectivity index (χ3v) is 17.5. The fourth-order valence-corrected chi connectivity index (χ4v) is 13.4. The lowest BCUT2D eigenvalue weighted by Crippen LogP contribution is -2.23. The van der Waals surface area contributed by atoms with E-state index in [0.717, 1.165) is 54.6 Å². The lowest BCUT2D eigenvalue weighted by Gasteiger charge is -2.16. The molecule has 0 radical (unpaired) electrons. The zero-order valence-electron chi connectivity index (χ0n) is 35.0. The molecule has 3 aromatic carbocycles. The molecule has 66 heavy (non-hydrogen) atoms. The van der Waals surface area contributed by atoms with Gasteiger partial charge in [0.15, 0.2) is 0 Å². The Morgan fingerprint density at radius 2 is 1.17 bits per heavy atom. The van der Waals surface area contributed by atoms with Gasteiger partial charge >= 0.3 is 6.16 Å². The summed E-state index contributed by atoms with van der Waals surface area (Å²) >= 11 is 9.64. The van der Waals surface area contributed by atoms with Gasteiger partial charge in [-0.3, -0.25) is 0 Å². The van der Waals surface area contributed by atoms with E-state index in [1.54, 1.807) is 56.7 Å². The van der Waals surface area contributed by atoms with Crippen LogP contribution in [-0.2, 0) is 26.1 Å². The van der Waals surface area contributed by atoms with Crippen LogP contribution in [0.2, 0.25) is 0 Å². The van der Waals surface area contributed by atoms with Crippen molar-refractivity contribution in [1.82, 2.24) is 9.97 Å². The first-order valence-electron chi connectivity index (χ1n) is 19.8. The Balaban J connectivity index is 0.000000196. The molecule has 0 saturated carbocycles. The molecule has 3 N–H and O–H groups in total. The number of primary sulfonamides is 1. The Labute approximate surface area is 403 Å². The molecule has 0 amide bonds. The van der Waals surface area contributed by atoms with Gasteiger partial charge < -0.3 is 24.4 Å². The number of hydrogen-bond acceptors (Lipinski definition) is 18. The molecule has 13 nitrogen and oxygen atoms in total. The number of nitriles is 2. The number of carbonyl (C=O) groups is 1. The smallest absolute Gasteiger partial charge is 0.432 e. The molecular formula is C46H37N7O6S7. The second-order valence-corrected chi connectivity index (χ2v) is 22.4. The number of carbonyl (C=O) groups excluding carboxylic acids is 1. The van der Waals surface area contributed by atoms with Gasteiger partial charge in [-0.1, -0.05) is 36.4 Å². The van der Waals surface area contributed by atoms with Gasteiger partial charge in [0.25, 0.3) is 0 Å². The summed E-state index contributed by atoms with van der Waals surface area (Å²) in [7, 11) is 0.121. The van der Waals surface area contributed by atoms with Crippen molar-refractivity contribution in [3.8, 4) is 12.1 Å². The first-order valence-corrected chi connectivity index (χ1v) is 26.3. The van der Waals surface area contributed by atoms with Gasteiger partial charge in [0.05, 0.1) is 59.6 Å². The van der Waals surface area contributed by atoms with E-state index in [1.165, 1.54) is 45.0 Å². The number of ether oxygens (including phenoxy) is 2. The third-order valence-electron chi connectivity index (χ3n) is 9.73. The minimum Gasteiger partial charge on any atom is -0.432 e. The SMILES string of the molecule is CN(CCO)c1cc2sc(/C=C(\C#N)c3nc4ccccc4s3)cc2s1.CN(CCOC(=O)OCc1ccc(S(N)(=O)=O)cc1)c1cc2sc(/C=C(\C#N)c3nc4ccccc4s3)cc2s1. The lowest BCUT2D eigenvalue weighted by atomic mass is 10.2. The second-order valence-electron chi connectivity index (χ2n) is 14.4. The number of likely N-dealkylation sites (N-methyl/N-ethyl adjacent to an activating group) is 2. The molecule has 20 heteroatoms. The topological polar surface area (TPSA) is 196 Å². The molecule has 0 fully saturated rings. The molecule has 334 valence electrons. The van der Waals surface area contributed by atoms with E-state index in [-0.39, 0.29) is 24.7 Å². The van der Waals surface area contributed by atoms with E-state index in [4.69, 9.17) is 19.7 Å². The molecule has 0 aliphatic rings. The number of hydrogen-bond donors (Lipinski definition) is 2. The summed E-state index contributed by atoms with van der Waals surface area (Å²) in [5.74, 6) is 0. The minimum absolute atomic E-state index is 0.0145. The Kier molecular flexibility index (Phi) is 14.5. The lowest BCUT2D eigenvalue weighted by molar-refractivity contribution is 0.0518. The highest BCUT2D eigenvalue weighted by Gasteiger charge is 2.16. The summed E-state index contributed by atoms with van der Waals surface area (Å²) in [5, 5.41) is 37.1. The van der Waals surface area contributed by atoms with Crippen molar-refractivity contribution >= 4 is 157 Å². The molecule has 0 bridgehead atoms. The predicted octanol–water partition coefficient (Wildman–Crippen LogP) is 11.1. The number of sulfonamides is 1. The number of aliphatic hydroxyl groups excluding tert-OH is 1. The van der Waals surface area contributed by atoms with Gasteiger partial charge in [-0.25, -0.2) is 28.3 Å². The molecule has 9 aromatic rings. The summed E-state index contributed by atoms with van der Waals surface area (Å²) in [6.45, 7) is 1.31. The number of anilines is 2. The highest BCUT2D eigenvalue weighted by atomic mass is 32.2. The van der Waals surface area contributed by atoms with Gasteiger partial charge in [0.1, 0.15) is 35.4 Å². The maximum absolute atomic E-state index is 12.0. The number of allylic oxidation sites excluding steroid dienone is 2. The summed E-state index contributed by atoms with van der Waals surface area (Å²) in [5.41, 5.74) is 3.56. The molecule has 0 spiro atoms. The second kappa shape index (κ2) is 20.6. The van der Waals surface area contributed by atoms with Crippen LogP contribution < -0.4 is 14.9 Å². The van der Waals surface area contributed by atoms with Crippen LogP contribution in [0.4, 0.5) is 14.8 Å². The fraction of sp³-hybridized carbons (Fsp3) is 0.152. The molecular weight excluding hydrogens is 971 g/mol. The van der Waals surface area contributed by atoms with Crippen LogP contribution in [0.15, 0.2) is 102 Å². The minimum atomic E-state index is -3.77.